The van der Waals surface area contributed by atoms with Gasteiger partial charge in [-0.1, -0.05) is 96.2 Å². The number of hydrogen-bond donors (Lipinski definition) is 1. The third-order valence-corrected chi connectivity index (χ3v) is 4.87. The van der Waals surface area contributed by atoms with Crippen molar-refractivity contribution in [3.8, 4) is 0 Å². The van der Waals surface area contributed by atoms with Gasteiger partial charge in [-0.15, -0.1) is 0 Å². The Kier molecular flexibility index (Phi) is 6.54. The number of hydrogen-bond acceptors (Lipinski definition) is 3. The van der Waals surface area contributed by atoms with E-state index in [9.17, 15) is 0 Å². The Balaban J connectivity index is 0.000000265. The van der Waals surface area contributed by atoms with Crippen LogP contribution in [0.5, 0.6) is 0 Å². The summed E-state index contributed by atoms with van der Waals surface area (Å²) in [6.45, 7) is 0.481. The normalized spacial score (nSPS) is 13.1. The number of nitrogens with one attached hydrogen (secondary N) is 1. The monoisotopic (exact) mass is 392 g/mol. The summed E-state index contributed by atoms with van der Waals surface area (Å²) in [5.74, 6) is 0. The third-order valence-electron chi connectivity index (χ3n) is 4.87. The molecule has 148 valence electrons. The Morgan fingerprint density at radius 3 is 1.87 bits per heavy atom. The molecule has 1 aliphatic heterocycles. The maximum Gasteiger partial charge on any atom is 0.142 e. The van der Waals surface area contributed by atoms with Gasteiger partial charge >= 0.3 is 0 Å². The van der Waals surface area contributed by atoms with Crippen LogP contribution in [-0.2, 0) is 17.9 Å². The number of nitrogens with zero attached hydrogens (tertiary/aromatic N) is 1. The molecule has 2 aliphatic rings. The van der Waals surface area contributed by atoms with Crippen molar-refractivity contribution in [3.63, 3.8) is 0 Å². The van der Waals surface area contributed by atoms with E-state index in [2.05, 4.69) is 59.0 Å². The van der Waals surface area contributed by atoms with Gasteiger partial charge in [0.2, 0.25) is 0 Å². The summed E-state index contributed by atoms with van der Waals surface area (Å²) >= 11 is 0. The standard InChI is InChI=1S/C21H17NO.C6H7N/c1-2-8-16(9-3-1)15-23-22-21-19-12-6-4-10-17(19)14-18-11-5-7-13-20(18)21;1-2-4-6-7-5-3-1/h1-13H,14-15H2;1-7H. The largest absolute Gasteiger partial charge is 0.390 e. The predicted octanol–water partition coefficient (Wildman–Crippen LogP) is 5.73. The first-order chi connectivity index (χ1) is 14.9. The maximum atomic E-state index is 5.66. The molecule has 3 heteroatoms. The van der Waals surface area contributed by atoms with Crippen molar-refractivity contribution in [1.29, 1.82) is 0 Å². The van der Waals surface area contributed by atoms with Crippen LogP contribution < -0.4 is 5.32 Å². The highest BCUT2D eigenvalue weighted by atomic mass is 16.6. The van der Waals surface area contributed by atoms with E-state index in [0.717, 1.165) is 17.7 Å². The van der Waals surface area contributed by atoms with Crippen molar-refractivity contribution in [2.45, 2.75) is 13.0 Å². The summed E-state index contributed by atoms with van der Waals surface area (Å²) in [6, 6.07) is 27.0. The van der Waals surface area contributed by atoms with Crippen LogP contribution in [0.15, 0.2) is 121 Å². The number of benzene rings is 3. The molecule has 0 amide bonds. The zero-order chi connectivity index (χ0) is 20.4. The summed E-state index contributed by atoms with van der Waals surface area (Å²) in [7, 11) is 0. The number of oxime groups is 1. The highest BCUT2D eigenvalue weighted by Crippen LogP contribution is 2.27. The smallest absolute Gasteiger partial charge is 0.142 e. The second kappa shape index (κ2) is 10.1. The van der Waals surface area contributed by atoms with E-state index in [4.69, 9.17) is 4.84 Å². The summed E-state index contributed by atoms with van der Waals surface area (Å²) in [5.41, 5.74) is 6.98. The van der Waals surface area contributed by atoms with Crippen molar-refractivity contribution in [1.82, 2.24) is 5.32 Å². The van der Waals surface area contributed by atoms with Gasteiger partial charge in [0.1, 0.15) is 12.3 Å². The number of rotatable bonds is 3. The molecule has 1 aliphatic carbocycles. The molecule has 3 aromatic rings. The van der Waals surface area contributed by atoms with Crippen LogP contribution in [0.3, 0.4) is 0 Å². The summed E-state index contributed by atoms with van der Waals surface area (Å²) in [5, 5.41) is 7.40. The topological polar surface area (TPSA) is 33.6 Å². The average molecular weight is 393 g/mol. The molecule has 0 fully saturated rings. The molecule has 1 N–H and O–H groups in total. The fraction of sp³-hybridized carbons (Fsp3) is 0.0741. The zero-order valence-electron chi connectivity index (χ0n) is 16.7. The minimum atomic E-state index is 0.481. The zero-order valence-corrected chi connectivity index (χ0v) is 16.7. The van der Waals surface area contributed by atoms with Crippen molar-refractivity contribution >= 4 is 5.71 Å². The molecule has 3 aromatic carbocycles. The molecular formula is C27H24N2O. The number of fused-ring (bicyclic) bond motifs is 2. The lowest BCUT2D eigenvalue weighted by atomic mass is 9.85. The van der Waals surface area contributed by atoms with Gasteiger partial charge < -0.3 is 10.2 Å². The minimum Gasteiger partial charge on any atom is -0.390 e. The molecule has 0 radical (unpaired) electrons. The molecule has 3 nitrogen and oxygen atoms in total. The Hall–Kier alpha value is -3.85. The van der Waals surface area contributed by atoms with Crippen LogP contribution in [0.2, 0.25) is 0 Å². The van der Waals surface area contributed by atoms with Gasteiger partial charge in [0, 0.05) is 23.5 Å². The molecular weight excluding hydrogens is 368 g/mol. The predicted molar refractivity (Wildman–Crippen MR) is 123 cm³/mol. The molecule has 0 saturated carbocycles. The van der Waals surface area contributed by atoms with Crippen LogP contribution in [0.4, 0.5) is 0 Å². The van der Waals surface area contributed by atoms with Gasteiger partial charge in [0.15, 0.2) is 0 Å². The molecule has 0 saturated heterocycles. The molecule has 30 heavy (non-hydrogen) atoms. The van der Waals surface area contributed by atoms with E-state index in [-0.39, 0.29) is 0 Å². The lowest BCUT2D eigenvalue weighted by molar-refractivity contribution is 0.131. The Morgan fingerprint density at radius 1 is 0.667 bits per heavy atom. The molecule has 0 bridgehead atoms. The van der Waals surface area contributed by atoms with Crippen molar-refractivity contribution in [3.05, 3.63) is 143 Å². The second-order valence-electron chi connectivity index (χ2n) is 6.96. The lowest BCUT2D eigenvalue weighted by Crippen LogP contribution is -2.16. The molecule has 0 atom stereocenters. The highest BCUT2D eigenvalue weighted by molar-refractivity contribution is 6.15. The van der Waals surface area contributed by atoms with Crippen molar-refractivity contribution < 1.29 is 4.84 Å². The van der Waals surface area contributed by atoms with Gasteiger partial charge in [-0.05, 0) is 35.3 Å². The summed E-state index contributed by atoms with van der Waals surface area (Å²) in [4.78, 5) is 5.66. The van der Waals surface area contributed by atoms with Crippen LogP contribution in [0, 0.1) is 0 Å². The lowest BCUT2D eigenvalue weighted by Gasteiger charge is -2.20. The molecule has 0 spiro atoms. The Morgan fingerprint density at radius 2 is 1.23 bits per heavy atom. The first-order valence-electron chi connectivity index (χ1n) is 10.1. The third kappa shape index (κ3) is 4.95. The van der Waals surface area contributed by atoms with E-state index < -0.39 is 0 Å². The Bertz CT molecular complexity index is 1030. The van der Waals surface area contributed by atoms with E-state index in [0.29, 0.717) is 6.61 Å². The average Bonchev–Trinajstić information content (AvgIpc) is 3.13. The van der Waals surface area contributed by atoms with Gasteiger partial charge in [-0.3, -0.25) is 0 Å². The fourth-order valence-corrected chi connectivity index (χ4v) is 3.41. The van der Waals surface area contributed by atoms with Gasteiger partial charge in [0.05, 0.1) is 0 Å². The molecule has 0 aromatic heterocycles. The van der Waals surface area contributed by atoms with Crippen LogP contribution in [0.1, 0.15) is 27.8 Å². The van der Waals surface area contributed by atoms with Gasteiger partial charge in [-0.2, -0.15) is 0 Å². The first kappa shape index (κ1) is 19.5. The number of allylic oxidation sites excluding steroid dienone is 4. The van der Waals surface area contributed by atoms with E-state index in [1.807, 2.05) is 67.0 Å². The fourth-order valence-electron chi connectivity index (χ4n) is 3.41. The minimum absolute atomic E-state index is 0.481. The molecule has 0 unspecified atom stereocenters. The van der Waals surface area contributed by atoms with Crippen LogP contribution >= 0.6 is 0 Å². The van der Waals surface area contributed by atoms with Crippen molar-refractivity contribution in [2.75, 3.05) is 0 Å². The second-order valence-corrected chi connectivity index (χ2v) is 6.96. The van der Waals surface area contributed by atoms with E-state index in [1.165, 1.54) is 22.3 Å². The van der Waals surface area contributed by atoms with E-state index >= 15 is 0 Å². The quantitative estimate of drug-likeness (QED) is 0.452. The van der Waals surface area contributed by atoms with Crippen molar-refractivity contribution in [2.24, 2.45) is 5.16 Å². The SMILES string of the molecule is C1=CC=CNC=C1.c1ccc(CON=C2c3ccccc3Cc3ccccc32)cc1. The maximum absolute atomic E-state index is 5.66. The molecule has 1 heterocycles. The van der Waals surface area contributed by atoms with Gasteiger partial charge in [-0.25, -0.2) is 0 Å². The highest BCUT2D eigenvalue weighted by Gasteiger charge is 2.21. The summed E-state index contributed by atoms with van der Waals surface area (Å²) < 4.78 is 0. The Labute approximate surface area is 177 Å². The van der Waals surface area contributed by atoms with Gasteiger partial charge in [0.25, 0.3) is 0 Å². The molecule has 5 rings (SSSR count). The first-order valence-corrected chi connectivity index (χ1v) is 10.1. The van der Waals surface area contributed by atoms with Crippen LogP contribution in [-0.4, -0.2) is 5.71 Å². The van der Waals surface area contributed by atoms with Crippen LogP contribution in [0.25, 0.3) is 0 Å². The summed E-state index contributed by atoms with van der Waals surface area (Å²) in [6.07, 6.45) is 12.5. The van der Waals surface area contributed by atoms with E-state index in [1.54, 1.807) is 0 Å².